The molecule has 1 N–H and O–H groups in total. The van der Waals surface area contributed by atoms with Crippen LogP contribution in [0.5, 0.6) is 0 Å². The molecule has 9 heteroatoms. The minimum absolute atomic E-state index is 0.0693. The van der Waals surface area contributed by atoms with E-state index in [1.165, 1.54) is 24.3 Å². The van der Waals surface area contributed by atoms with E-state index in [-0.39, 0.29) is 45.0 Å². The van der Waals surface area contributed by atoms with Crippen molar-refractivity contribution in [3.63, 3.8) is 0 Å². The second kappa shape index (κ2) is 8.48. The molecule has 0 atom stereocenters. The van der Waals surface area contributed by atoms with Crippen molar-refractivity contribution < 1.29 is 18.3 Å². The van der Waals surface area contributed by atoms with Gasteiger partial charge in [-0.05, 0) is 37.6 Å². The van der Waals surface area contributed by atoms with Crippen molar-refractivity contribution in [1.29, 1.82) is 0 Å². The van der Waals surface area contributed by atoms with Crippen LogP contribution in [0.2, 0.25) is 15.1 Å². The molecular formula is C17H16Cl3NO4S. The van der Waals surface area contributed by atoms with Crippen LogP contribution in [0.4, 0.5) is 5.69 Å². The van der Waals surface area contributed by atoms with Gasteiger partial charge in [0.25, 0.3) is 10.0 Å². The van der Waals surface area contributed by atoms with Gasteiger partial charge in [0.05, 0.1) is 25.7 Å². The third-order valence-electron chi connectivity index (χ3n) is 3.62. The summed E-state index contributed by atoms with van der Waals surface area (Å²) in [5.74, 6) is -1.02. The van der Waals surface area contributed by atoms with E-state index < -0.39 is 16.0 Å². The van der Waals surface area contributed by atoms with Crippen molar-refractivity contribution in [3.05, 3.63) is 57.0 Å². The molecule has 0 aliphatic heterocycles. The van der Waals surface area contributed by atoms with Gasteiger partial charge in [0.15, 0.2) is 0 Å². The van der Waals surface area contributed by atoms with Crippen LogP contribution in [0.1, 0.15) is 18.4 Å². The van der Waals surface area contributed by atoms with Crippen molar-refractivity contribution in [3.8, 4) is 0 Å². The molecule has 0 saturated carbocycles. The number of anilines is 1. The number of hydrogen-bond acceptors (Lipinski definition) is 3. The maximum Gasteiger partial charge on any atom is 0.303 e. The number of halogens is 3. The van der Waals surface area contributed by atoms with Gasteiger partial charge in [-0.25, -0.2) is 8.42 Å². The highest BCUT2D eigenvalue weighted by molar-refractivity contribution is 7.92. The highest BCUT2D eigenvalue weighted by Gasteiger charge is 2.27. The van der Waals surface area contributed by atoms with Gasteiger partial charge in [-0.3, -0.25) is 9.10 Å². The van der Waals surface area contributed by atoms with E-state index >= 15 is 0 Å². The predicted octanol–water partition coefficient (Wildman–Crippen LogP) is 5.02. The Balaban J connectivity index is 2.51. The Morgan fingerprint density at radius 3 is 2.19 bits per heavy atom. The van der Waals surface area contributed by atoms with Crippen molar-refractivity contribution in [1.82, 2.24) is 0 Å². The molecule has 0 amide bonds. The Bertz CT molecular complexity index is 914. The molecule has 0 unspecified atom stereocenters. The molecule has 0 aromatic heterocycles. The molecule has 26 heavy (non-hydrogen) atoms. The van der Waals surface area contributed by atoms with Crippen LogP contribution >= 0.6 is 34.8 Å². The third-order valence-corrected chi connectivity index (χ3v) is 6.47. The number of aryl methyl sites for hydroxylation is 1. The zero-order valence-electron chi connectivity index (χ0n) is 13.7. The zero-order valence-corrected chi connectivity index (χ0v) is 16.8. The summed E-state index contributed by atoms with van der Waals surface area (Å²) in [5.41, 5.74) is 1.06. The maximum absolute atomic E-state index is 13.1. The minimum Gasteiger partial charge on any atom is -0.481 e. The second-order valence-corrected chi connectivity index (χ2v) is 8.69. The number of sulfonamides is 1. The Kier molecular flexibility index (Phi) is 6.80. The SMILES string of the molecule is Cc1ccc(S(=O)(=O)N(CCCC(=O)O)c2cc(Cl)c(Cl)cc2Cl)cc1. The normalized spacial score (nSPS) is 11.4. The molecule has 0 radical (unpaired) electrons. The first-order chi connectivity index (χ1) is 12.1. The summed E-state index contributed by atoms with van der Waals surface area (Å²) in [5, 5.41) is 9.29. The van der Waals surface area contributed by atoms with Gasteiger partial charge in [-0.15, -0.1) is 0 Å². The summed E-state index contributed by atoms with van der Waals surface area (Å²) in [6.45, 7) is 1.77. The van der Waals surface area contributed by atoms with E-state index in [0.717, 1.165) is 9.87 Å². The van der Waals surface area contributed by atoms with Gasteiger partial charge in [-0.2, -0.15) is 0 Å². The molecule has 0 fully saturated rings. The number of carboxylic acids is 1. The lowest BCUT2D eigenvalue weighted by Crippen LogP contribution is -2.32. The zero-order chi connectivity index (χ0) is 19.5. The van der Waals surface area contributed by atoms with Crippen LogP contribution in [0.3, 0.4) is 0 Å². The van der Waals surface area contributed by atoms with Gasteiger partial charge in [0.2, 0.25) is 0 Å². The maximum atomic E-state index is 13.1. The van der Waals surface area contributed by atoms with Gasteiger partial charge in [-0.1, -0.05) is 52.5 Å². The summed E-state index contributed by atoms with van der Waals surface area (Å²) in [4.78, 5) is 10.9. The van der Waals surface area contributed by atoms with Crippen molar-refractivity contribution in [2.45, 2.75) is 24.7 Å². The largest absolute Gasteiger partial charge is 0.481 e. The number of carbonyl (C=O) groups is 1. The summed E-state index contributed by atoms with van der Waals surface area (Å²) < 4.78 is 27.3. The molecule has 2 rings (SSSR count). The smallest absolute Gasteiger partial charge is 0.303 e. The highest BCUT2D eigenvalue weighted by atomic mass is 35.5. The molecule has 2 aromatic carbocycles. The van der Waals surface area contributed by atoms with Crippen LogP contribution in [-0.4, -0.2) is 26.0 Å². The molecule has 0 saturated heterocycles. The lowest BCUT2D eigenvalue weighted by molar-refractivity contribution is -0.137. The lowest BCUT2D eigenvalue weighted by Gasteiger charge is -2.26. The molecule has 0 bridgehead atoms. The first kappa shape index (κ1) is 20.8. The summed E-state index contributed by atoms with van der Waals surface area (Å²) in [6.07, 6.45) is -0.0736. The molecule has 140 valence electrons. The standard InChI is InChI=1S/C17H16Cl3NO4S/c1-11-4-6-12(7-5-11)26(24,25)21(8-2-3-17(22)23)16-10-14(19)13(18)9-15(16)20/h4-7,9-10H,2-3,8H2,1H3,(H,22,23). The fraction of sp³-hybridized carbons (Fsp3) is 0.235. The first-order valence-corrected chi connectivity index (χ1v) is 10.2. The van der Waals surface area contributed by atoms with Crippen LogP contribution in [0, 0.1) is 6.92 Å². The van der Waals surface area contributed by atoms with E-state index in [4.69, 9.17) is 39.9 Å². The molecule has 2 aromatic rings. The average Bonchev–Trinajstić information content (AvgIpc) is 2.55. The van der Waals surface area contributed by atoms with E-state index in [0.29, 0.717) is 0 Å². The third kappa shape index (κ3) is 4.82. The molecule has 0 aliphatic carbocycles. The minimum atomic E-state index is -3.97. The highest BCUT2D eigenvalue weighted by Crippen LogP contribution is 2.37. The molecule has 0 heterocycles. The number of rotatable bonds is 7. The van der Waals surface area contributed by atoms with Gasteiger partial charge in [0, 0.05) is 13.0 Å². The number of carboxylic acid groups (broad SMARTS) is 1. The summed E-state index contributed by atoms with van der Waals surface area (Å²) in [7, 11) is -3.97. The van der Waals surface area contributed by atoms with Gasteiger partial charge >= 0.3 is 5.97 Å². The second-order valence-electron chi connectivity index (χ2n) is 5.61. The number of nitrogens with zero attached hydrogens (tertiary/aromatic N) is 1. The molecule has 0 spiro atoms. The number of aliphatic carboxylic acids is 1. The monoisotopic (exact) mass is 435 g/mol. The Labute approximate surface area is 167 Å². The van der Waals surface area contributed by atoms with Gasteiger partial charge < -0.3 is 5.11 Å². The lowest BCUT2D eigenvalue weighted by atomic mass is 10.2. The molecule has 0 aliphatic rings. The van der Waals surface area contributed by atoms with Gasteiger partial charge in [0.1, 0.15) is 0 Å². The quantitative estimate of drug-likeness (QED) is 0.619. The van der Waals surface area contributed by atoms with Crippen LogP contribution in [-0.2, 0) is 14.8 Å². The van der Waals surface area contributed by atoms with Crippen molar-refractivity contribution >= 4 is 56.5 Å². The fourth-order valence-corrected chi connectivity index (χ4v) is 4.49. The summed E-state index contributed by atoms with van der Waals surface area (Å²) >= 11 is 18.1. The van der Waals surface area contributed by atoms with Crippen LogP contribution in [0.25, 0.3) is 0 Å². The average molecular weight is 437 g/mol. The molecule has 5 nitrogen and oxygen atoms in total. The Morgan fingerprint density at radius 2 is 1.62 bits per heavy atom. The number of hydrogen-bond donors (Lipinski definition) is 1. The Morgan fingerprint density at radius 1 is 1.04 bits per heavy atom. The van der Waals surface area contributed by atoms with E-state index in [1.54, 1.807) is 12.1 Å². The van der Waals surface area contributed by atoms with Crippen molar-refractivity contribution in [2.24, 2.45) is 0 Å². The van der Waals surface area contributed by atoms with Crippen molar-refractivity contribution in [2.75, 3.05) is 10.8 Å². The van der Waals surface area contributed by atoms with E-state index in [9.17, 15) is 13.2 Å². The molecular weight excluding hydrogens is 421 g/mol. The Hall–Kier alpha value is -1.47. The number of benzene rings is 2. The topological polar surface area (TPSA) is 74.7 Å². The fourth-order valence-electron chi connectivity index (χ4n) is 2.28. The van der Waals surface area contributed by atoms with E-state index in [1.807, 2.05) is 6.92 Å². The van der Waals surface area contributed by atoms with Crippen LogP contribution < -0.4 is 4.31 Å². The van der Waals surface area contributed by atoms with Crippen LogP contribution in [0.15, 0.2) is 41.3 Å². The summed E-state index contributed by atoms with van der Waals surface area (Å²) in [6, 6.07) is 9.05. The first-order valence-electron chi connectivity index (χ1n) is 7.58. The van der Waals surface area contributed by atoms with E-state index in [2.05, 4.69) is 0 Å². The predicted molar refractivity (Wildman–Crippen MR) is 104 cm³/mol.